The number of halogens is 1. The van der Waals surface area contributed by atoms with Crippen molar-refractivity contribution in [2.24, 2.45) is 4.99 Å². The van der Waals surface area contributed by atoms with E-state index in [0.29, 0.717) is 0 Å². The summed E-state index contributed by atoms with van der Waals surface area (Å²) >= 11 is 0. The van der Waals surface area contributed by atoms with Crippen LogP contribution < -0.4 is 0 Å². The normalized spacial score (nSPS) is 6.60. The monoisotopic (exact) mass is 73.0 g/mol. The Bertz CT molecular complexity index is 57.9. The summed E-state index contributed by atoms with van der Waals surface area (Å²) in [5, 5.41) is 0. The highest BCUT2D eigenvalue weighted by atomic mass is 19.1. The van der Waals surface area contributed by atoms with Gasteiger partial charge in [0.2, 0.25) is 5.95 Å². The third kappa shape index (κ3) is 3.34. The van der Waals surface area contributed by atoms with Crippen LogP contribution in [0.25, 0.3) is 0 Å². The van der Waals surface area contributed by atoms with E-state index in [2.05, 4.69) is 18.3 Å². The molecule has 0 aliphatic heterocycles. The summed E-state index contributed by atoms with van der Waals surface area (Å²) in [5.41, 5.74) is 0. The molecule has 0 spiro atoms. The molecule has 5 heavy (non-hydrogen) atoms. The van der Waals surface area contributed by atoms with E-state index in [1.54, 1.807) is 0 Å². The van der Waals surface area contributed by atoms with Gasteiger partial charge in [-0.05, 0) is 13.3 Å². The molecule has 0 N–H and O–H groups in total. The number of aliphatic imine (C=N–C) groups is 1. The molecule has 0 aliphatic rings. The van der Waals surface area contributed by atoms with Crippen molar-refractivity contribution in [2.45, 2.75) is 0 Å². The SMILES string of the molecule is C=NC(=C)F. The minimum Gasteiger partial charge on any atom is -0.237 e. The van der Waals surface area contributed by atoms with Gasteiger partial charge in [-0.1, -0.05) is 0 Å². The lowest BCUT2D eigenvalue weighted by Crippen LogP contribution is -1.48. The largest absolute Gasteiger partial charge is 0.237 e. The van der Waals surface area contributed by atoms with Gasteiger partial charge >= 0.3 is 0 Å². The molecule has 2 heteroatoms. The second-order valence-corrected chi connectivity index (χ2v) is 0.534. The summed E-state index contributed by atoms with van der Waals surface area (Å²) < 4.78 is 11.0. The van der Waals surface area contributed by atoms with Crippen LogP contribution in [-0.2, 0) is 0 Å². The van der Waals surface area contributed by atoms with Crippen LogP contribution in [-0.4, -0.2) is 6.72 Å². The van der Waals surface area contributed by atoms with Crippen molar-refractivity contribution in [1.82, 2.24) is 0 Å². The van der Waals surface area contributed by atoms with Crippen LogP contribution in [0.5, 0.6) is 0 Å². The topological polar surface area (TPSA) is 12.4 Å². The molecule has 0 aromatic carbocycles. The van der Waals surface area contributed by atoms with Crippen LogP contribution in [0.4, 0.5) is 4.39 Å². The Morgan fingerprint density at radius 1 is 1.80 bits per heavy atom. The standard InChI is InChI=1S/C3H4FN/c1-3(4)5-2/h1-2H2. The van der Waals surface area contributed by atoms with Crippen LogP contribution in [0.3, 0.4) is 0 Å². The fourth-order valence-corrected chi connectivity index (χ4v) is 0. The molecule has 0 rings (SSSR count). The summed E-state index contributed by atoms with van der Waals surface area (Å²) in [4.78, 5) is 2.78. The van der Waals surface area contributed by atoms with Gasteiger partial charge in [0.15, 0.2) is 0 Å². The minimum absolute atomic E-state index is 0.731. The van der Waals surface area contributed by atoms with Gasteiger partial charge in [0.05, 0.1) is 0 Å². The third-order valence-electron chi connectivity index (χ3n) is 0.172. The van der Waals surface area contributed by atoms with Crippen molar-refractivity contribution < 1.29 is 4.39 Å². The van der Waals surface area contributed by atoms with Gasteiger partial charge in [-0.25, -0.2) is 4.99 Å². The molecule has 0 fully saturated rings. The summed E-state index contributed by atoms with van der Waals surface area (Å²) in [7, 11) is 0. The van der Waals surface area contributed by atoms with Gasteiger partial charge < -0.3 is 0 Å². The average Bonchev–Trinajstić information content (AvgIpc) is 1.38. The lowest BCUT2D eigenvalue weighted by atomic mass is 11.0. The molecule has 0 amide bonds. The second-order valence-electron chi connectivity index (χ2n) is 0.534. The van der Waals surface area contributed by atoms with Crippen LogP contribution in [0.1, 0.15) is 0 Å². The first-order chi connectivity index (χ1) is 2.27. The van der Waals surface area contributed by atoms with Crippen molar-refractivity contribution in [3.8, 4) is 0 Å². The van der Waals surface area contributed by atoms with Gasteiger partial charge in [0.1, 0.15) is 0 Å². The molecule has 0 atom stereocenters. The highest BCUT2D eigenvalue weighted by Gasteiger charge is 1.66. The molecule has 0 saturated heterocycles. The maximum atomic E-state index is 11.0. The molecule has 0 unspecified atom stereocenters. The van der Waals surface area contributed by atoms with Crippen LogP contribution >= 0.6 is 0 Å². The Morgan fingerprint density at radius 3 is 2.00 bits per heavy atom. The molecule has 0 saturated carbocycles. The molecule has 0 aromatic rings. The van der Waals surface area contributed by atoms with Crippen LogP contribution in [0.2, 0.25) is 0 Å². The first-order valence-corrected chi connectivity index (χ1v) is 1.08. The van der Waals surface area contributed by atoms with Crippen molar-refractivity contribution in [2.75, 3.05) is 0 Å². The van der Waals surface area contributed by atoms with Crippen LogP contribution in [0.15, 0.2) is 17.5 Å². The molecular weight excluding hydrogens is 69.0 g/mol. The van der Waals surface area contributed by atoms with Gasteiger partial charge in [0.25, 0.3) is 0 Å². The van der Waals surface area contributed by atoms with E-state index in [0.717, 1.165) is 0 Å². The quantitative estimate of drug-likeness (QED) is 0.326. The molecule has 0 bridgehead atoms. The highest BCUT2D eigenvalue weighted by molar-refractivity contribution is 5.26. The first-order valence-electron chi connectivity index (χ1n) is 1.08. The van der Waals surface area contributed by atoms with E-state index in [1.807, 2.05) is 0 Å². The molecule has 0 aliphatic carbocycles. The van der Waals surface area contributed by atoms with Crippen molar-refractivity contribution in [3.63, 3.8) is 0 Å². The van der Waals surface area contributed by atoms with Crippen molar-refractivity contribution in [1.29, 1.82) is 0 Å². The van der Waals surface area contributed by atoms with E-state index >= 15 is 0 Å². The number of nitrogens with zero attached hydrogens (tertiary/aromatic N) is 1. The second kappa shape index (κ2) is 1.64. The summed E-state index contributed by atoms with van der Waals surface area (Å²) in [6, 6.07) is 0. The maximum Gasteiger partial charge on any atom is 0.204 e. The van der Waals surface area contributed by atoms with Gasteiger partial charge in [-0.3, -0.25) is 0 Å². The van der Waals surface area contributed by atoms with Gasteiger partial charge in [0, 0.05) is 0 Å². The lowest BCUT2D eigenvalue weighted by molar-refractivity contribution is 0.635. The Labute approximate surface area is 29.8 Å². The van der Waals surface area contributed by atoms with Gasteiger partial charge in [-0.2, -0.15) is 4.39 Å². The average molecular weight is 73.1 g/mol. The zero-order valence-electron chi connectivity index (χ0n) is 2.74. The van der Waals surface area contributed by atoms with E-state index < -0.39 is 5.95 Å². The van der Waals surface area contributed by atoms with Crippen molar-refractivity contribution in [3.05, 3.63) is 12.5 Å². The van der Waals surface area contributed by atoms with E-state index in [4.69, 9.17) is 0 Å². The Hall–Kier alpha value is -0.660. The number of hydrogen-bond acceptors (Lipinski definition) is 1. The fourth-order valence-electron chi connectivity index (χ4n) is 0. The van der Waals surface area contributed by atoms with Crippen LogP contribution in [0, 0.1) is 0 Å². The summed E-state index contributed by atoms with van der Waals surface area (Å²) in [6.45, 7) is 5.61. The first kappa shape index (κ1) is 4.34. The third-order valence-corrected chi connectivity index (χ3v) is 0.172. The lowest BCUT2D eigenvalue weighted by Gasteiger charge is -1.66. The van der Waals surface area contributed by atoms with Crippen molar-refractivity contribution >= 4 is 6.72 Å². The molecule has 0 aromatic heterocycles. The molecular formula is C3H4FN. The predicted molar refractivity (Wildman–Crippen MR) is 19.8 cm³/mol. The van der Waals surface area contributed by atoms with Gasteiger partial charge in [-0.15, -0.1) is 0 Å². The molecule has 0 radical (unpaired) electrons. The Kier molecular flexibility index (Phi) is 1.42. The zero-order chi connectivity index (χ0) is 4.28. The fraction of sp³-hybridized carbons (Fsp3) is 0. The molecule has 28 valence electrons. The Morgan fingerprint density at radius 2 is 2.00 bits per heavy atom. The smallest absolute Gasteiger partial charge is 0.204 e. The molecule has 0 heterocycles. The zero-order valence-corrected chi connectivity index (χ0v) is 2.74. The van der Waals surface area contributed by atoms with E-state index in [-0.39, 0.29) is 0 Å². The number of hydrogen-bond donors (Lipinski definition) is 0. The maximum absolute atomic E-state index is 11.0. The minimum atomic E-state index is -0.731. The van der Waals surface area contributed by atoms with E-state index in [1.165, 1.54) is 0 Å². The summed E-state index contributed by atoms with van der Waals surface area (Å²) in [5.74, 6) is -0.731. The van der Waals surface area contributed by atoms with E-state index in [9.17, 15) is 4.39 Å². The predicted octanol–water partition coefficient (Wildman–Crippen LogP) is 1.13. The molecule has 1 nitrogen and oxygen atoms in total. The Balaban J connectivity index is 3.20. The summed E-state index contributed by atoms with van der Waals surface area (Å²) in [6.07, 6.45) is 0. The number of rotatable bonds is 1. The highest BCUT2D eigenvalue weighted by Crippen LogP contribution is 1.85.